The number of fused-ring (bicyclic) bond motifs is 5. The number of halogens is 1. The summed E-state index contributed by atoms with van der Waals surface area (Å²) >= 11 is 0. The molecular weight excluding hydrogens is 215 g/mol. The van der Waals surface area contributed by atoms with E-state index in [1.165, 1.54) is 31.4 Å². The average Bonchev–Trinajstić information content (AvgIpc) is 2.76. The summed E-state index contributed by atoms with van der Waals surface area (Å²) in [5.74, 6) is 3.00. The van der Waals surface area contributed by atoms with Gasteiger partial charge in [-0.3, -0.25) is 4.79 Å². The number of hydrogen-bond acceptors (Lipinski definition) is 1. The summed E-state index contributed by atoms with van der Waals surface area (Å²) in [5, 5.41) is 0. The first-order valence-electron chi connectivity index (χ1n) is 6.55. The van der Waals surface area contributed by atoms with Crippen molar-refractivity contribution in [2.45, 2.75) is 19.3 Å². The van der Waals surface area contributed by atoms with Crippen molar-refractivity contribution in [3.8, 4) is 0 Å². The highest BCUT2D eigenvalue weighted by molar-refractivity contribution is 6.00. The predicted molar refractivity (Wildman–Crippen MR) is 62.0 cm³/mol. The van der Waals surface area contributed by atoms with Crippen LogP contribution in [-0.4, -0.2) is 5.78 Å². The van der Waals surface area contributed by atoms with Crippen LogP contribution in [0.25, 0.3) is 0 Å². The van der Waals surface area contributed by atoms with Crippen LogP contribution in [0.5, 0.6) is 0 Å². The molecule has 2 bridgehead atoms. The lowest BCUT2D eigenvalue weighted by Gasteiger charge is -2.07. The van der Waals surface area contributed by atoms with Gasteiger partial charge in [-0.05, 0) is 55.1 Å². The summed E-state index contributed by atoms with van der Waals surface area (Å²) in [6.45, 7) is 0. The molecule has 2 heteroatoms. The van der Waals surface area contributed by atoms with Gasteiger partial charge in [0.05, 0.1) is 0 Å². The monoisotopic (exact) mass is 230 g/mol. The van der Waals surface area contributed by atoms with Crippen LogP contribution in [0.1, 0.15) is 29.6 Å². The lowest BCUT2D eigenvalue weighted by molar-refractivity contribution is 0.0944. The van der Waals surface area contributed by atoms with Gasteiger partial charge in [0, 0.05) is 11.5 Å². The molecule has 0 amide bonds. The van der Waals surface area contributed by atoms with Crippen molar-refractivity contribution in [3.63, 3.8) is 0 Å². The molecule has 0 radical (unpaired) electrons. The zero-order valence-electron chi connectivity index (χ0n) is 9.60. The van der Waals surface area contributed by atoms with Crippen LogP contribution in [0, 0.1) is 35.4 Å². The van der Waals surface area contributed by atoms with Crippen molar-refractivity contribution in [3.05, 3.63) is 35.6 Å². The Bertz CT molecular complexity index is 479. The van der Waals surface area contributed by atoms with E-state index in [1.54, 1.807) is 12.1 Å². The molecule has 1 nitrogen and oxygen atoms in total. The van der Waals surface area contributed by atoms with Gasteiger partial charge >= 0.3 is 0 Å². The molecule has 3 fully saturated rings. The van der Waals surface area contributed by atoms with E-state index in [4.69, 9.17) is 0 Å². The Labute approximate surface area is 100 Å². The number of benzene rings is 1. The number of rotatable bonds is 2. The highest BCUT2D eigenvalue weighted by atomic mass is 19.1. The molecule has 4 rings (SSSR count). The van der Waals surface area contributed by atoms with Gasteiger partial charge in [-0.2, -0.15) is 0 Å². The zero-order chi connectivity index (χ0) is 11.6. The van der Waals surface area contributed by atoms with Crippen molar-refractivity contribution < 1.29 is 9.18 Å². The maximum Gasteiger partial charge on any atom is 0.166 e. The third-order valence-electron chi connectivity index (χ3n) is 5.15. The minimum atomic E-state index is -0.301. The van der Waals surface area contributed by atoms with Gasteiger partial charge in [-0.25, -0.2) is 4.39 Å². The molecule has 4 atom stereocenters. The average molecular weight is 230 g/mol. The molecule has 0 saturated heterocycles. The number of carbonyl (C=O) groups is 1. The Balaban J connectivity index is 1.60. The summed E-state index contributed by atoms with van der Waals surface area (Å²) in [5.41, 5.74) is 0.573. The summed E-state index contributed by atoms with van der Waals surface area (Å²) in [4.78, 5) is 12.3. The third kappa shape index (κ3) is 1.27. The Hall–Kier alpha value is -1.18. The van der Waals surface area contributed by atoms with Gasteiger partial charge in [-0.1, -0.05) is 12.1 Å². The van der Waals surface area contributed by atoms with Crippen molar-refractivity contribution in [1.82, 2.24) is 0 Å². The van der Waals surface area contributed by atoms with E-state index in [9.17, 15) is 9.18 Å². The van der Waals surface area contributed by atoms with E-state index in [1.807, 2.05) is 0 Å². The molecule has 0 spiro atoms. The molecule has 0 aliphatic heterocycles. The number of carbonyl (C=O) groups excluding carboxylic acids is 1. The predicted octanol–water partition coefficient (Wildman–Crippen LogP) is 3.30. The fraction of sp³-hybridized carbons (Fsp3) is 0.533. The minimum absolute atomic E-state index is 0.191. The van der Waals surface area contributed by atoms with Crippen LogP contribution < -0.4 is 0 Å². The molecule has 3 aliphatic carbocycles. The van der Waals surface area contributed by atoms with E-state index in [0.29, 0.717) is 17.4 Å². The maximum absolute atomic E-state index is 13.1. The number of hydrogen-bond donors (Lipinski definition) is 0. The minimum Gasteiger partial charge on any atom is -0.294 e. The number of ketones is 1. The molecule has 1 aromatic carbocycles. The lowest BCUT2D eigenvalue weighted by atomic mass is 9.96. The van der Waals surface area contributed by atoms with Gasteiger partial charge in [0.15, 0.2) is 5.78 Å². The molecule has 3 saturated carbocycles. The van der Waals surface area contributed by atoms with Gasteiger partial charge < -0.3 is 0 Å². The highest BCUT2D eigenvalue weighted by Crippen LogP contribution is 2.69. The smallest absolute Gasteiger partial charge is 0.166 e. The van der Waals surface area contributed by atoms with Gasteiger partial charge in [0.25, 0.3) is 0 Å². The third-order valence-corrected chi connectivity index (χ3v) is 5.15. The fourth-order valence-corrected chi connectivity index (χ4v) is 4.51. The number of Topliss-reactive ketones (excluding diaryl/α,β-unsaturated/α-hetero) is 1. The first-order chi connectivity index (χ1) is 8.25. The second-order valence-corrected chi connectivity index (χ2v) is 5.89. The molecule has 3 aliphatic rings. The van der Waals surface area contributed by atoms with Crippen LogP contribution in [0.4, 0.5) is 4.39 Å². The van der Waals surface area contributed by atoms with E-state index in [-0.39, 0.29) is 17.5 Å². The van der Waals surface area contributed by atoms with Crippen LogP contribution in [0.2, 0.25) is 0 Å². The van der Waals surface area contributed by atoms with Crippen molar-refractivity contribution in [2.24, 2.45) is 29.6 Å². The van der Waals surface area contributed by atoms with Gasteiger partial charge in [-0.15, -0.1) is 0 Å². The first-order valence-corrected chi connectivity index (χ1v) is 6.55. The van der Waals surface area contributed by atoms with Crippen LogP contribution in [0.15, 0.2) is 24.3 Å². The second-order valence-electron chi connectivity index (χ2n) is 5.89. The molecule has 17 heavy (non-hydrogen) atoms. The molecule has 1 aromatic rings. The summed E-state index contributed by atoms with van der Waals surface area (Å²) in [6.07, 6.45) is 3.99. The quantitative estimate of drug-likeness (QED) is 0.712. The molecular formula is C15H15FO. The Morgan fingerprint density at radius 3 is 2.53 bits per heavy atom. The Morgan fingerprint density at radius 2 is 1.88 bits per heavy atom. The molecule has 0 heterocycles. The molecule has 88 valence electrons. The molecule has 0 N–H and O–H groups in total. The van der Waals surface area contributed by atoms with E-state index < -0.39 is 0 Å². The summed E-state index contributed by atoms with van der Waals surface area (Å²) in [6, 6.07) is 6.17. The van der Waals surface area contributed by atoms with Crippen LogP contribution in [0.3, 0.4) is 0 Å². The van der Waals surface area contributed by atoms with E-state index >= 15 is 0 Å². The largest absolute Gasteiger partial charge is 0.294 e. The topological polar surface area (TPSA) is 17.1 Å². The fourth-order valence-electron chi connectivity index (χ4n) is 4.51. The van der Waals surface area contributed by atoms with Crippen molar-refractivity contribution in [1.29, 1.82) is 0 Å². The van der Waals surface area contributed by atoms with Crippen LogP contribution >= 0.6 is 0 Å². The van der Waals surface area contributed by atoms with E-state index in [0.717, 1.165) is 11.8 Å². The zero-order valence-corrected chi connectivity index (χ0v) is 9.60. The molecule has 4 unspecified atom stereocenters. The van der Waals surface area contributed by atoms with Crippen molar-refractivity contribution in [2.75, 3.05) is 0 Å². The summed E-state index contributed by atoms with van der Waals surface area (Å²) in [7, 11) is 0. The standard InChI is InChI=1S/C15H15FO/c16-11-3-1-2-10(7-11)15(17)14-12-8-4-5-9(6-8)13(12)14/h1-3,7-9,12-14H,4-6H2. The normalized spacial score (nSPS) is 41.4. The van der Waals surface area contributed by atoms with Crippen molar-refractivity contribution >= 4 is 5.78 Å². The molecule has 0 aromatic heterocycles. The van der Waals surface area contributed by atoms with Crippen LogP contribution in [-0.2, 0) is 0 Å². The maximum atomic E-state index is 13.1. The lowest BCUT2D eigenvalue weighted by Crippen LogP contribution is -2.10. The highest BCUT2D eigenvalue weighted by Gasteiger charge is 2.67. The Morgan fingerprint density at radius 1 is 1.18 bits per heavy atom. The SMILES string of the molecule is O=C(c1cccc(F)c1)C1C2C3CCC(C3)C12. The summed E-state index contributed by atoms with van der Waals surface area (Å²) < 4.78 is 13.1. The first kappa shape index (κ1) is 9.81. The van der Waals surface area contributed by atoms with E-state index in [2.05, 4.69) is 0 Å². The van der Waals surface area contributed by atoms with Gasteiger partial charge in [0.1, 0.15) is 5.82 Å². The Kier molecular flexibility index (Phi) is 1.84. The second kappa shape index (κ2) is 3.18. The van der Waals surface area contributed by atoms with Gasteiger partial charge in [0.2, 0.25) is 0 Å².